The summed E-state index contributed by atoms with van der Waals surface area (Å²) in [6.45, 7) is 1.35. The largest absolute Gasteiger partial charge is 1.00 e. The van der Waals surface area contributed by atoms with Crippen molar-refractivity contribution in [3.63, 3.8) is 0 Å². The number of aliphatic hydroxyl groups is 3. The van der Waals surface area contributed by atoms with Crippen molar-refractivity contribution in [2.75, 3.05) is 5.32 Å². The van der Waals surface area contributed by atoms with E-state index in [1.165, 1.54) is 31.2 Å². The molecule has 0 bridgehead atoms. The molecule has 1 heterocycles. The van der Waals surface area contributed by atoms with Crippen molar-refractivity contribution >= 4 is 17.6 Å². The predicted octanol–water partition coefficient (Wildman–Crippen LogP) is -5.41. The number of anilines is 1. The van der Waals surface area contributed by atoms with E-state index in [-0.39, 0.29) is 41.2 Å². The number of benzene rings is 1. The number of aliphatic hydroxyl groups excluding tert-OH is 3. The van der Waals surface area contributed by atoms with Gasteiger partial charge in [-0.05, 0) is 24.3 Å². The fourth-order valence-electron chi connectivity index (χ4n) is 2.09. The van der Waals surface area contributed by atoms with Gasteiger partial charge in [-0.2, -0.15) is 0 Å². The van der Waals surface area contributed by atoms with Crippen LogP contribution in [0.5, 0.6) is 5.75 Å². The maximum absolute atomic E-state index is 10.9. The quantitative estimate of drug-likeness (QED) is 0.394. The molecule has 0 spiro atoms. The molecule has 0 radical (unpaired) electrons. The van der Waals surface area contributed by atoms with Gasteiger partial charge in [0.05, 0.1) is 5.97 Å². The Labute approximate surface area is 159 Å². The normalized spacial score (nSPS) is 29.2. The van der Waals surface area contributed by atoms with Crippen LogP contribution in [0.4, 0.5) is 5.69 Å². The topological polar surface area (TPSA) is 148 Å². The number of carbonyl (C=O) groups excluding carboxylic acids is 2. The summed E-state index contributed by atoms with van der Waals surface area (Å²) < 4.78 is 10.2. The van der Waals surface area contributed by atoms with Crippen LogP contribution in [0, 0.1) is 0 Å². The molecule has 1 aromatic rings. The minimum Gasteiger partial charge on any atom is -0.547 e. The van der Waals surface area contributed by atoms with E-state index in [2.05, 4.69) is 5.32 Å². The molecule has 1 amide bonds. The van der Waals surface area contributed by atoms with E-state index < -0.39 is 36.7 Å². The standard InChI is InChI=1S/C14H17NO8.Na/c1-6(16)15-7-2-4-8(5-3-7)22-14-11(19)9(17)10(18)12(23-14)13(20)21;/h2-5,9-12,14,17-19H,1H3,(H,15,16)(H,20,21);/q;+1/p-1/t9-,10+,11-,12+,14+;/m1./s1. The Morgan fingerprint density at radius 3 is 2.21 bits per heavy atom. The van der Waals surface area contributed by atoms with Crippen LogP contribution in [0.3, 0.4) is 0 Å². The van der Waals surface area contributed by atoms with E-state index in [4.69, 9.17) is 9.47 Å². The van der Waals surface area contributed by atoms with Gasteiger partial charge in [0.1, 0.15) is 30.2 Å². The van der Waals surface area contributed by atoms with Gasteiger partial charge in [0.15, 0.2) is 0 Å². The number of hydrogen-bond acceptors (Lipinski definition) is 8. The van der Waals surface area contributed by atoms with Gasteiger partial charge in [0.2, 0.25) is 12.2 Å². The Hall–Kier alpha value is -1.20. The molecule has 0 aliphatic carbocycles. The van der Waals surface area contributed by atoms with Gasteiger partial charge in [0, 0.05) is 12.6 Å². The predicted molar refractivity (Wildman–Crippen MR) is 73.1 cm³/mol. The molecule has 0 aromatic heterocycles. The molecule has 24 heavy (non-hydrogen) atoms. The third kappa shape index (κ3) is 4.90. The second kappa shape index (κ2) is 8.77. The fourth-order valence-corrected chi connectivity index (χ4v) is 2.09. The summed E-state index contributed by atoms with van der Waals surface area (Å²) in [6.07, 6.45) is -8.61. The first-order valence-corrected chi connectivity index (χ1v) is 6.74. The van der Waals surface area contributed by atoms with Crippen LogP contribution in [0.25, 0.3) is 0 Å². The number of rotatable bonds is 4. The summed E-state index contributed by atoms with van der Waals surface area (Å²) in [5, 5.41) is 42.4. The van der Waals surface area contributed by atoms with E-state index in [9.17, 15) is 30.0 Å². The Balaban J connectivity index is 0.00000288. The molecular formula is C14H16NNaO8. The van der Waals surface area contributed by atoms with Crippen LogP contribution in [0.1, 0.15) is 6.92 Å². The van der Waals surface area contributed by atoms with Crippen molar-refractivity contribution in [1.29, 1.82) is 0 Å². The molecule has 126 valence electrons. The van der Waals surface area contributed by atoms with Gasteiger partial charge in [-0.15, -0.1) is 0 Å². The van der Waals surface area contributed by atoms with Crippen LogP contribution in [-0.2, 0) is 14.3 Å². The molecule has 9 nitrogen and oxygen atoms in total. The molecule has 0 unspecified atom stereocenters. The van der Waals surface area contributed by atoms with Crippen LogP contribution in [-0.4, -0.2) is 57.9 Å². The van der Waals surface area contributed by atoms with Crippen molar-refractivity contribution < 1.29 is 69.0 Å². The third-order valence-electron chi connectivity index (χ3n) is 3.23. The molecule has 4 N–H and O–H groups in total. The Morgan fingerprint density at radius 2 is 1.71 bits per heavy atom. The summed E-state index contributed by atoms with van der Waals surface area (Å²) >= 11 is 0. The number of carboxylic acids is 1. The number of amides is 1. The minimum atomic E-state index is -1.84. The number of nitrogens with one attached hydrogen (secondary N) is 1. The second-order valence-electron chi connectivity index (χ2n) is 5.04. The SMILES string of the molecule is CC(=O)Nc1ccc(O[C@H]2O[C@H](C(=O)[O-])[C@@H](O)[C@@H](O)[C@H]2O)cc1.[Na+]. The molecule has 1 saturated heterocycles. The van der Waals surface area contributed by atoms with E-state index in [1.807, 2.05) is 0 Å². The molecular weight excluding hydrogens is 333 g/mol. The van der Waals surface area contributed by atoms with E-state index in [0.717, 1.165) is 0 Å². The zero-order valence-electron chi connectivity index (χ0n) is 13.1. The summed E-state index contributed by atoms with van der Waals surface area (Å²) in [7, 11) is 0. The third-order valence-corrected chi connectivity index (χ3v) is 3.23. The van der Waals surface area contributed by atoms with E-state index >= 15 is 0 Å². The molecule has 1 aliphatic rings. The van der Waals surface area contributed by atoms with Crippen molar-refractivity contribution in [3.05, 3.63) is 24.3 Å². The van der Waals surface area contributed by atoms with Gasteiger partial charge in [-0.25, -0.2) is 0 Å². The average Bonchev–Trinajstić information content (AvgIpc) is 2.48. The number of hydrogen-bond donors (Lipinski definition) is 4. The number of aliphatic carboxylic acids is 1. The molecule has 10 heteroatoms. The summed E-state index contributed by atoms with van der Waals surface area (Å²) in [5.41, 5.74) is 0.512. The van der Waals surface area contributed by atoms with Crippen LogP contribution >= 0.6 is 0 Å². The van der Waals surface area contributed by atoms with Crippen molar-refractivity contribution in [2.24, 2.45) is 0 Å². The van der Waals surface area contributed by atoms with Crippen molar-refractivity contribution in [3.8, 4) is 5.75 Å². The molecule has 1 aliphatic heterocycles. The van der Waals surface area contributed by atoms with E-state index in [0.29, 0.717) is 5.69 Å². The number of ether oxygens (including phenoxy) is 2. The van der Waals surface area contributed by atoms with Crippen LogP contribution < -0.4 is 44.7 Å². The second-order valence-corrected chi connectivity index (χ2v) is 5.04. The van der Waals surface area contributed by atoms with E-state index in [1.54, 1.807) is 0 Å². The summed E-state index contributed by atoms with van der Waals surface area (Å²) in [6, 6.07) is 5.94. The zero-order valence-corrected chi connectivity index (χ0v) is 15.1. The first-order valence-electron chi connectivity index (χ1n) is 6.74. The average molecular weight is 349 g/mol. The molecule has 1 aromatic carbocycles. The summed E-state index contributed by atoms with van der Waals surface area (Å²) in [4.78, 5) is 21.8. The number of carbonyl (C=O) groups is 2. The summed E-state index contributed by atoms with van der Waals surface area (Å²) in [5.74, 6) is -1.79. The first kappa shape index (κ1) is 20.8. The monoisotopic (exact) mass is 349 g/mol. The van der Waals surface area contributed by atoms with Crippen molar-refractivity contribution in [1.82, 2.24) is 0 Å². The zero-order chi connectivity index (χ0) is 17.1. The van der Waals surface area contributed by atoms with Gasteiger partial charge >= 0.3 is 29.6 Å². The molecule has 5 atom stereocenters. The van der Waals surface area contributed by atoms with Crippen LogP contribution in [0.2, 0.25) is 0 Å². The maximum atomic E-state index is 10.9. The Kier molecular flexibility index (Phi) is 7.61. The Bertz CT molecular complexity index is 581. The number of carboxylic acid groups (broad SMARTS) is 1. The fraction of sp³-hybridized carbons (Fsp3) is 0.429. The molecule has 1 fully saturated rings. The Morgan fingerprint density at radius 1 is 1.12 bits per heavy atom. The maximum Gasteiger partial charge on any atom is 1.00 e. The molecule has 0 saturated carbocycles. The smallest absolute Gasteiger partial charge is 0.547 e. The minimum absolute atomic E-state index is 0. The van der Waals surface area contributed by atoms with Gasteiger partial charge in [-0.1, -0.05) is 0 Å². The first-order chi connectivity index (χ1) is 10.8. The molecule has 2 rings (SSSR count). The van der Waals surface area contributed by atoms with Crippen LogP contribution in [0.15, 0.2) is 24.3 Å². The van der Waals surface area contributed by atoms with Crippen molar-refractivity contribution in [2.45, 2.75) is 37.6 Å². The van der Waals surface area contributed by atoms with Gasteiger partial charge < -0.3 is 40.0 Å². The van der Waals surface area contributed by atoms with Gasteiger partial charge in [-0.3, -0.25) is 4.79 Å². The van der Waals surface area contributed by atoms with Gasteiger partial charge in [0.25, 0.3) is 0 Å².